The number of aromatic nitrogens is 2. The van der Waals surface area contributed by atoms with E-state index in [9.17, 15) is 9.59 Å². The fourth-order valence-corrected chi connectivity index (χ4v) is 4.96. The van der Waals surface area contributed by atoms with E-state index < -0.39 is 11.6 Å². The molecule has 1 aromatic heterocycles. The number of carbonyl (C=O) groups is 2. The van der Waals surface area contributed by atoms with Crippen LogP contribution in [0.5, 0.6) is 0 Å². The molecule has 0 spiro atoms. The van der Waals surface area contributed by atoms with Gasteiger partial charge in [-0.05, 0) is 56.9 Å². The zero-order valence-corrected chi connectivity index (χ0v) is 22.3. The topological polar surface area (TPSA) is 76.9 Å². The molecule has 36 heavy (non-hydrogen) atoms. The third kappa shape index (κ3) is 5.19. The average Bonchev–Trinajstić information content (AvgIpc) is 3.20. The molecule has 0 bridgehead atoms. The number of ether oxygens (including phenoxy) is 2. The number of rotatable bonds is 3. The van der Waals surface area contributed by atoms with E-state index in [1.807, 2.05) is 25.5 Å². The largest absolute Gasteiger partial charge is 0.444 e. The molecule has 0 fully saturated rings. The summed E-state index contributed by atoms with van der Waals surface area (Å²) in [5, 5.41) is 5.01. The molecule has 1 atom stereocenters. The molecule has 0 aliphatic carbocycles. The fraction of sp³-hybridized carbons (Fsp3) is 0.536. The maximum Gasteiger partial charge on any atom is 0.410 e. The van der Waals surface area contributed by atoms with Gasteiger partial charge >= 0.3 is 6.09 Å². The predicted octanol–water partition coefficient (Wildman–Crippen LogP) is 4.68. The molecule has 0 unspecified atom stereocenters. The Morgan fingerprint density at radius 3 is 2.64 bits per heavy atom. The summed E-state index contributed by atoms with van der Waals surface area (Å²) in [7, 11) is 0. The lowest BCUT2D eigenvalue weighted by Gasteiger charge is -2.39. The summed E-state index contributed by atoms with van der Waals surface area (Å²) in [6, 6.07) is 6.09. The number of carbonyl (C=O) groups excluding carboxylic acids is 2. The van der Waals surface area contributed by atoms with Crippen molar-refractivity contribution in [1.82, 2.24) is 19.6 Å². The zero-order chi connectivity index (χ0) is 26.2. The Labute approximate surface area is 213 Å². The Kier molecular flexibility index (Phi) is 7.27. The first-order valence-electron chi connectivity index (χ1n) is 12.7. The van der Waals surface area contributed by atoms with Crippen LogP contribution < -0.4 is 0 Å². The molecule has 0 radical (unpaired) electrons. The van der Waals surface area contributed by atoms with Crippen LogP contribution in [0, 0.1) is 6.92 Å². The first-order valence-corrected chi connectivity index (χ1v) is 12.7. The summed E-state index contributed by atoms with van der Waals surface area (Å²) in [4.78, 5) is 29.4. The van der Waals surface area contributed by atoms with Crippen molar-refractivity contribution in [3.63, 3.8) is 0 Å². The number of amides is 2. The molecule has 0 saturated heterocycles. The molecule has 8 heteroatoms. The number of benzene rings is 1. The van der Waals surface area contributed by atoms with Crippen LogP contribution in [0.4, 0.5) is 4.79 Å². The maximum absolute atomic E-state index is 13.3. The smallest absolute Gasteiger partial charge is 0.410 e. The quantitative estimate of drug-likeness (QED) is 0.579. The fourth-order valence-electron chi connectivity index (χ4n) is 4.96. The van der Waals surface area contributed by atoms with E-state index >= 15 is 0 Å². The van der Waals surface area contributed by atoms with Crippen LogP contribution in [-0.4, -0.2) is 63.4 Å². The minimum Gasteiger partial charge on any atom is -0.444 e. The van der Waals surface area contributed by atoms with E-state index in [1.165, 1.54) is 11.6 Å². The molecule has 0 N–H and O–H groups in total. The second-order valence-corrected chi connectivity index (χ2v) is 10.9. The molecule has 2 aliphatic rings. The van der Waals surface area contributed by atoms with Crippen LogP contribution in [0.25, 0.3) is 5.69 Å². The highest BCUT2D eigenvalue weighted by atomic mass is 16.6. The van der Waals surface area contributed by atoms with Crippen LogP contribution in [-0.2, 0) is 27.3 Å². The van der Waals surface area contributed by atoms with Gasteiger partial charge in [0.05, 0.1) is 36.3 Å². The highest BCUT2D eigenvalue weighted by Crippen LogP contribution is 2.37. The van der Waals surface area contributed by atoms with Crippen LogP contribution in [0.1, 0.15) is 74.7 Å². The summed E-state index contributed by atoms with van der Waals surface area (Å²) < 4.78 is 13.7. The highest BCUT2D eigenvalue weighted by Gasteiger charge is 2.40. The van der Waals surface area contributed by atoms with Crippen LogP contribution in [0.2, 0.25) is 0 Å². The number of nitrogens with zero attached hydrogens (tertiary/aromatic N) is 4. The number of hydrogen-bond donors (Lipinski definition) is 0. The molecule has 2 amide bonds. The maximum atomic E-state index is 13.3. The van der Waals surface area contributed by atoms with E-state index in [0.717, 1.165) is 28.2 Å². The molecule has 3 heterocycles. The van der Waals surface area contributed by atoms with E-state index in [-0.39, 0.29) is 12.0 Å². The van der Waals surface area contributed by atoms with Crippen molar-refractivity contribution in [2.24, 2.45) is 0 Å². The molecule has 194 valence electrons. The van der Waals surface area contributed by atoms with Gasteiger partial charge in [-0.3, -0.25) is 9.69 Å². The zero-order valence-electron chi connectivity index (χ0n) is 22.3. The average molecular weight is 495 g/mol. The molecule has 8 nitrogen and oxygen atoms in total. The van der Waals surface area contributed by atoms with Crippen molar-refractivity contribution in [2.75, 3.05) is 26.2 Å². The normalized spacial score (nSPS) is 18.2. The van der Waals surface area contributed by atoms with E-state index in [1.54, 1.807) is 9.80 Å². The summed E-state index contributed by atoms with van der Waals surface area (Å²) in [6.45, 7) is 17.6. The Balaban J connectivity index is 1.83. The van der Waals surface area contributed by atoms with Crippen molar-refractivity contribution in [3.8, 4) is 5.69 Å². The second kappa shape index (κ2) is 10.1. The first-order chi connectivity index (χ1) is 17.0. The van der Waals surface area contributed by atoms with Crippen molar-refractivity contribution in [1.29, 1.82) is 0 Å². The van der Waals surface area contributed by atoms with Gasteiger partial charge in [-0.2, -0.15) is 5.10 Å². The van der Waals surface area contributed by atoms with Gasteiger partial charge in [-0.1, -0.05) is 32.6 Å². The Hall–Kier alpha value is -3.13. The highest BCUT2D eigenvalue weighted by molar-refractivity contribution is 5.87. The minimum absolute atomic E-state index is 0.189. The van der Waals surface area contributed by atoms with Gasteiger partial charge in [0.25, 0.3) is 0 Å². The summed E-state index contributed by atoms with van der Waals surface area (Å²) in [5.74, 6) is 0.247. The second-order valence-electron chi connectivity index (χ2n) is 10.9. The number of aryl methyl sites for hydroxylation is 1. The van der Waals surface area contributed by atoms with Crippen molar-refractivity contribution in [3.05, 3.63) is 58.9 Å². The molecule has 2 aliphatic heterocycles. The van der Waals surface area contributed by atoms with E-state index in [0.29, 0.717) is 45.2 Å². The van der Waals surface area contributed by atoms with Crippen LogP contribution in [0.15, 0.2) is 30.9 Å². The third-order valence-electron chi connectivity index (χ3n) is 6.76. The molecule has 1 aromatic carbocycles. The third-order valence-corrected chi connectivity index (χ3v) is 6.76. The van der Waals surface area contributed by atoms with E-state index in [4.69, 9.17) is 14.6 Å². The minimum atomic E-state index is -0.627. The van der Waals surface area contributed by atoms with Crippen molar-refractivity contribution >= 4 is 12.0 Å². The lowest BCUT2D eigenvalue weighted by Crippen LogP contribution is -2.48. The van der Waals surface area contributed by atoms with Gasteiger partial charge in [-0.25, -0.2) is 9.48 Å². The van der Waals surface area contributed by atoms with Gasteiger partial charge in [0.15, 0.2) is 0 Å². The monoisotopic (exact) mass is 494 g/mol. The van der Waals surface area contributed by atoms with Gasteiger partial charge in [-0.15, -0.1) is 0 Å². The lowest BCUT2D eigenvalue weighted by atomic mass is 9.95. The van der Waals surface area contributed by atoms with Gasteiger partial charge < -0.3 is 14.4 Å². The Bertz CT molecular complexity index is 1160. The first kappa shape index (κ1) is 25.9. The Morgan fingerprint density at radius 1 is 1.25 bits per heavy atom. The lowest BCUT2D eigenvalue weighted by molar-refractivity contribution is -0.127. The van der Waals surface area contributed by atoms with Crippen LogP contribution >= 0.6 is 0 Å². The van der Waals surface area contributed by atoms with Crippen molar-refractivity contribution in [2.45, 2.75) is 72.1 Å². The molecular weight excluding hydrogens is 456 g/mol. The molecular formula is C28H38N4O4. The standard InChI is InChI=1S/C28H38N4O4/c1-8-25(33)30-13-14-35-17-21-26-23(11-12-31(24(26)16-30)27(34)36-28(5,6)7)32(29-21)22-10-9-20(18(2)3)15-19(22)4/h8-10,15,18,24H,1,11-14,16-17H2,2-7H3/t24-/m0/s1. The van der Waals surface area contributed by atoms with Gasteiger partial charge in [0, 0.05) is 31.6 Å². The Morgan fingerprint density at radius 2 is 2.00 bits per heavy atom. The molecule has 0 saturated carbocycles. The number of hydrogen-bond acceptors (Lipinski definition) is 5. The molecule has 2 aromatic rings. The van der Waals surface area contributed by atoms with Gasteiger partial charge in [0.2, 0.25) is 5.91 Å². The van der Waals surface area contributed by atoms with Gasteiger partial charge in [0.1, 0.15) is 5.60 Å². The summed E-state index contributed by atoms with van der Waals surface area (Å²) in [5.41, 5.74) is 5.60. The molecule has 4 rings (SSSR count). The van der Waals surface area contributed by atoms with E-state index in [2.05, 4.69) is 45.5 Å². The summed E-state index contributed by atoms with van der Waals surface area (Å²) >= 11 is 0. The predicted molar refractivity (Wildman–Crippen MR) is 138 cm³/mol. The SMILES string of the molecule is C=CC(=O)N1CCOCc2nn(-c3ccc(C(C)C)cc3C)c3c2[C@H](C1)N(C(=O)OC(C)(C)C)CC3. The van der Waals surface area contributed by atoms with Crippen LogP contribution in [0.3, 0.4) is 0 Å². The van der Waals surface area contributed by atoms with Crippen molar-refractivity contribution < 1.29 is 19.1 Å². The summed E-state index contributed by atoms with van der Waals surface area (Å²) in [6.07, 6.45) is 1.54.